The molecule has 0 spiro atoms. The Morgan fingerprint density at radius 1 is 1.17 bits per heavy atom. The standard InChI is InChI=1S/C15H15BrO2/c1-2-14(17)13-8-3-4-9-15(13)18-12-7-5-6-11(16)10-12/h3-10,14,17H,2H2,1H3/t14-/m1/s1. The molecule has 0 aliphatic rings. The fourth-order valence-electron chi connectivity index (χ4n) is 1.73. The highest BCUT2D eigenvalue weighted by Gasteiger charge is 2.11. The average molecular weight is 307 g/mol. The number of aliphatic hydroxyl groups is 1. The first-order chi connectivity index (χ1) is 8.70. The van der Waals surface area contributed by atoms with Gasteiger partial charge in [0.15, 0.2) is 0 Å². The molecule has 2 rings (SSSR count). The van der Waals surface area contributed by atoms with Crippen molar-refractivity contribution in [3.63, 3.8) is 0 Å². The number of rotatable bonds is 4. The van der Waals surface area contributed by atoms with Gasteiger partial charge in [-0.2, -0.15) is 0 Å². The topological polar surface area (TPSA) is 29.5 Å². The monoisotopic (exact) mass is 306 g/mol. The van der Waals surface area contributed by atoms with E-state index in [2.05, 4.69) is 15.9 Å². The molecule has 2 nitrogen and oxygen atoms in total. The van der Waals surface area contributed by atoms with Crippen LogP contribution >= 0.6 is 15.9 Å². The first-order valence-corrected chi connectivity index (χ1v) is 6.70. The molecule has 1 atom stereocenters. The Morgan fingerprint density at radius 2 is 1.94 bits per heavy atom. The Kier molecular flexibility index (Phi) is 4.39. The summed E-state index contributed by atoms with van der Waals surface area (Å²) in [6.45, 7) is 1.94. The normalized spacial score (nSPS) is 12.2. The summed E-state index contributed by atoms with van der Waals surface area (Å²) in [6, 6.07) is 15.2. The summed E-state index contributed by atoms with van der Waals surface area (Å²) in [5, 5.41) is 9.95. The number of halogens is 1. The number of aliphatic hydroxyl groups excluding tert-OH is 1. The molecule has 0 saturated carbocycles. The van der Waals surface area contributed by atoms with Crippen LogP contribution in [0.4, 0.5) is 0 Å². The molecule has 0 saturated heterocycles. The van der Waals surface area contributed by atoms with Gasteiger partial charge in [-0.05, 0) is 30.7 Å². The summed E-state index contributed by atoms with van der Waals surface area (Å²) in [6.07, 6.45) is 0.173. The van der Waals surface area contributed by atoms with Gasteiger partial charge in [-0.1, -0.05) is 47.1 Å². The lowest BCUT2D eigenvalue weighted by molar-refractivity contribution is 0.170. The van der Waals surface area contributed by atoms with Crippen molar-refractivity contribution in [2.75, 3.05) is 0 Å². The Bertz CT molecular complexity index is 525. The molecular formula is C15H15BrO2. The van der Waals surface area contributed by atoms with Gasteiger partial charge in [0.1, 0.15) is 11.5 Å². The third-order valence-corrected chi connectivity index (χ3v) is 3.18. The lowest BCUT2D eigenvalue weighted by Crippen LogP contribution is -1.98. The molecular weight excluding hydrogens is 292 g/mol. The van der Waals surface area contributed by atoms with Crippen LogP contribution in [0.2, 0.25) is 0 Å². The zero-order chi connectivity index (χ0) is 13.0. The molecule has 18 heavy (non-hydrogen) atoms. The van der Waals surface area contributed by atoms with E-state index in [0.29, 0.717) is 12.2 Å². The molecule has 2 aromatic carbocycles. The number of benzene rings is 2. The minimum atomic E-state index is -0.492. The summed E-state index contributed by atoms with van der Waals surface area (Å²) in [5.74, 6) is 1.45. The average Bonchev–Trinajstić information content (AvgIpc) is 2.38. The van der Waals surface area contributed by atoms with Gasteiger partial charge in [0.2, 0.25) is 0 Å². The number of para-hydroxylation sites is 1. The first kappa shape index (κ1) is 13.1. The Hall–Kier alpha value is -1.32. The quantitative estimate of drug-likeness (QED) is 0.888. The van der Waals surface area contributed by atoms with Gasteiger partial charge in [-0.25, -0.2) is 0 Å². The maximum atomic E-state index is 9.95. The van der Waals surface area contributed by atoms with E-state index in [0.717, 1.165) is 15.8 Å². The van der Waals surface area contributed by atoms with Crippen molar-refractivity contribution in [1.29, 1.82) is 0 Å². The molecule has 94 valence electrons. The van der Waals surface area contributed by atoms with Gasteiger partial charge in [-0.3, -0.25) is 0 Å². The second kappa shape index (κ2) is 6.03. The van der Waals surface area contributed by atoms with Crippen molar-refractivity contribution in [2.24, 2.45) is 0 Å². The molecule has 0 unspecified atom stereocenters. The highest BCUT2D eigenvalue weighted by molar-refractivity contribution is 9.10. The van der Waals surface area contributed by atoms with E-state index in [1.54, 1.807) is 0 Å². The molecule has 2 aromatic rings. The van der Waals surface area contributed by atoms with Crippen LogP contribution in [0.25, 0.3) is 0 Å². The predicted octanol–water partition coefficient (Wildman–Crippen LogP) is 4.68. The van der Waals surface area contributed by atoms with E-state index in [1.807, 2.05) is 55.5 Å². The van der Waals surface area contributed by atoms with E-state index in [4.69, 9.17) is 4.74 Å². The third-order valence-electron chi connectivity index (χ3n) is 2.69. The van der Waals surface area contributed by atoms with Crippen LogP contribution in [0.3, 0.4) is 0 Å². The van der Waals surface area contributed by atoms with E-state index >= 15 is 0 Å². The van der Waals surface area contributed by atoms with Crippen LogP contribution < -0.4 is 4.74 Å². The molecule has 0 aliphatic heterocycles. The molecule has 0 heterocycles. The van der Waals surface area contributed by atoms with Crippen LogP contribution in [0.15, 0.2) is 53.0 Å². The minimum Gasteiger partial charge on any atom is -0.457 e. The van der Waals surface area contributed by atoms with Crippen LogP contribution in [0.1, 0.15) is 25.0 Å². The molecule has 0 fully saturated rings. The van der Waals surface area contributed by atoms with Crippen molar-refractivity contribution < 1.29 is 9.84 Å². The SMILES string of the molecule is CC[C@@H](O)c1ccccc1Oc1cccc(Br)c1. The highest BCUT2D eigenvalue weighted by Crippen LogP contribution is 2.31. The predicted molar refractivity (Wildman–Crippen MR) is 75.9 cm³/mol. The summed E-state index contributed by atoms with van der Waals surface area (Å²) in [7, 11) is 0. The van der Waals surface area contributed by atoms with Gasteiger partial charge in [0, 0.05) is 10.0 Å². The highest BCUT2D eigenvalue weighted by atomic mass is 79.9. The summed E-state index contributed by atoms with van der Waals surface area (Å²) in [5.41, 5.74) is 0.819. The fraction of sp³-hybridized carbons (Fsp3) is 0.200. The van der Waals surface area contributed by atoms with Crippen molar-refractivity contribution in [2.45, 2.75) is 19.4 Å². The summed E-state index contributed by atoms with van der Waals surface area (Å²) in [4.78, 5) is 0. The molecule has 0 aliphatic carbocycles. The van der Waals surface area contributed by atoms with E-state index in [1.165, 1.54) is 0 Å². The van der Waals surface area contributed by atoms with E-state index < -0.39 is 6.10 Å². The zero-order valence-corrected chi connectivity index (χ0v) is 11.7. The number of hydrogen-bond donors (Lipinski definition) is 1. The van der Waals surface area contributed by atoms with Crippen molar-refractivity contribution in [3.8, 4) is 11.5 Å². The maximum Gasteiger partial charge on any atom is 0.133 e. The molecule has 0 radical (unpaired) electrons. The third kappa shape index (κ3) is 3.12. The number of hydrogen-bond acceptors (Lipinski definition) is 2. The van der Waals surface area contributed by atoms with Gasteiger partial charge >= 0.3 is 0 Å². The zero-order valence-electron chi connectivity index (χ0n) is 10.1. The van der Waals surface area contributed by atoms with Gasteiger partial charge in [0.25, 0.3) is 0 Å². The van der Waals surface area contributed by atoms with Crippen LogP contribution in [0, 0.1) is 0 Å². The van der Waals surface area contributed by atoms with Gasteiger partial charge < -0.3 is 9.84 Å². The molecule has 0 aromatic heterocycles. The van der Waals surface area contributed by atoms with Crippen LogP contribution in [0.5, 0.6) is 11.5 Å². The molecule has 1 N–H and O–H groups in total. The number of ether oxygens (including phenoxy) is 1. The lowest BCUT2D eigenvalue weighted by atomic mass is 10.1. The fourth-order valence-corrected chi connectivity index (χ4v) is 2.10. The van der Waals surface area contributed by atoms with Gasteiger partial charge in [-0.15, -0.1) is 0 Å². The Morgan fingerprint density at radius 3 is 2.67 bits per heavy atom. The lowest BCUT2D eigenvalue weighted by Gasteiger charge is -2.14. The largest absolute Gasteiger partial charge is 0.457 e. The molecule has 3 heteroatoms. The van der Waals surface area contributed by atoms with Crippen molar-refractivity contribution in [3.05, 3.63) is 58.6 Å². The Balaban J connectivity index is 2.29. The van der Waals surface area contributed by atoms with Crippen molar-refractivity contribution >= 4 is 15.9 Å². The van der Waals surface area contributed by atoms with Crippen LogP contribution in [-0.4, -0.2) is 5.11 Å². The van der Waals surface area contributed by atoms with Gasteiger partial charge in [0.05, 0.1) is 6.10 Å². The van der Waals surface area contributed by atoms with E-state index in [-0.39, 0.29) is 0 Å². The summed E-state index contributed by atoms with van der Waals surface area (Å²) < 4.78 is 6.79. The Labute approximate surface area is 115 Å². The van der Waals surface area contributed by atoms with E-state index in [9.17, 15) is 5.11 Å². The van der Waals surface area contributed by atoms with Crippen molar-refractivity contribution in [1.82, 2.24) is 0 Å². The molecule has 0 bridgehead atoms. The summed E-state index contributed by atoms with van der Waals surface area (Å²) >= 11 is 3.41. The maximum absolute atomic E-state index is 9.95. The van der Waals surface area contributed by atoms with Crippen LogP contribution in [-0.2, 0) is 0 Å². The first-order valence-electron chi connectivity index (χ1n) is 5.91. The second-order valence-electron chi connectivity index (χ2n) is 4.02. The minimum absolute atomic E-state index is 0.492. The molecule has 0 amide bonds. The smallest absolute Gasteiger partial charge is 0.133 e. The second-order valence-corrected chi connectivity index (χ2v) is 4.94.